The molecule has 3 aromatic rings. The van der Waals surface area contributed by atoms with Crippen molar-refractivity contribution in [2.45, 2.75) is 26.3 Å². The topological polar surface area (TPSA) is 71.3 Å². The number of hydrogen-bond acceptors (Lipinski definition) is 5. The van der Waals surface area contributed by atoms with E-state index in [0.29, 0.717) is 34.5 Å². The molecular weight excluding hydrogens is 407 g/mol. The molecule has 1 N–H and O–H groups in total. The van der Waals surface area contributed by atoms with E-state index >= 15 is 0 Å². The smallest absolute Gasteiger partial charge is 0.257 e. The van der Waals surface area contributed by atoms with Crippen LogP contribution in [0.1, 0.15) is 24.2 Å². The number of aromatic nitrogens is 2. The number of anilines is 1. The number of halogens is 2. The van der Waals surface area contributed by atoms with Crippen molar-refractivity contribution in [3.63, 3.8) is 0 Å². The first-order valence-electron chi connectivity index (χ1n) is 9.86. The van der Waals surface area contributed by atoms with Crippen LogP contribution in [0.2, 0.25) is 5.02 Å². The van der Waals surface area contributed by atoms with Crippen molar-refractivity contribution in [1.82, 2.24) is 15.0 Å². The summed E-state index contributed by atoms with van der Waals surface area (Å²) < 4.78 is 18.3. The van der Waals surface area contributed by atoms with E-state index in [1.54, 1.807) is 12.1 Å². The molecule has 2 aromatic carbocycles. The summed E-state index contributed by atoms with van der Waals surface area (Å²) in [7, 11) is 0. The zero-order valence-electron chi connectivity index (χ0n) is 16.6. The fourth-order valence-corrected chi connectivity index (χ4v) is 3.82. The Bertz CT molecular complexity index is 1030. The molecule has 2 heterocycles. The summed E-state index contributed by atoms with van der Waals surface area (Å²) in [6.45, 7) is 4.03. The van der Waals surface area contributed by atoms with Gasteiger partial charge >= 0.3 is 0 Å². The maximum absolute atomic E-state index is 13.1. The highest BCUT2D eigenvalue weighted by atomic mass is 35.5. The quantitative estimate of drug-likeness (QED) is 0.638. The Labute approximate surface area is 179 Å². The number of hydrogen-bond donors (Lipinski definition) is 1. The average molecular weight is 429 g/mol. The number of likely N-dealkylation sites (tertiary alicyclic amines) is 1. The van der Waals surface area contributed by atoms with Crippen LogP contribution in [0.25, 0.3) is 11.5 Å². The third-order valence-electron chi connectivity index (χ3n) is 5.27. The molecule has 0 saturated carbocycles. The maximum Gasteiger partial charge on any atom is 0.257 e. The Morgan fingerprint density at radius 2 is 1.97 bits per heavy atom. The largest absolute Gasteiger partial charge is 0.334 e. The van der Waals surface area contributed by atoms with Crippen LogP contribution < -0.4 is 5.32 Å². The average Bonchev–Trinajstić information content (AvgIpc) is 3.19. The molecule has 0 atom stereocenters. The van der Waals surface area contributed by atoms with Crippen LogP contribution in [0.4, 0.5) is 10.1 Å². The van der Waals surface area contributed by atoms with Crippen LogP contribution >= 0.6 is 11.6 Å². The van der Waals surface area contributed by atoms with Crippen molar-refractivity contribution in [2.24, 2.45) is 5.92 Å². The van der Waals surface area contributed by atoms with Crippen molar-refractivity contribution in [3.05, 3.63) is 64.7 Å². The van der Waals surface area contributed by atoms with Crippen LogP contribution in [0, 0.1) is 18.7 Å². The molecule has 0 spiro atoms. The molecular formula is C22H22ClFN4O2. The molecule has 1 saturated heterocycles. The molecule has 1 aromatic heterocycles. The summed E-state index contributed by atoms with van der Waals surface area (Å²) in [5, 5.41) is 7.51. The van der Waals surface area contributed by atoms with E-state index in [-0.39, 0.29) is 17.6 Å². The first-order valence-corrected chi connectivity index (χ1v) is 10.2. The Morgan fingerprint density at radius 1 is 1.23 bits per heavy atom. The highest BCUT2D eigenvalue weighted by molar-refractivity contribution is 6.33. The number of carbonyl (C=O) groups is 1. The molecule has 6 nitrogen and oxygen atoms in total. The fraction of sp³-hybridized carbons (Fsp3) is 0.318. The number of carbonyl (C=O) groups excluding carboxylic acids is 1. The summed E-state index contributed by atoms with van der Waals surface area (Å²) >= 11 is 6.22. The fourth-order valence-electron chi connectivity index (χ4n) is 3.54. The molecule has 1 amide bonds. The summed E-state index contributed by atoms with van der Waals surface area (Å²) in [5.41, 5.74) is 2.38. The van der Waals surface area contributed by atoms with Gasteiger partial charge in [-0.25, -0.2) is 4.39 Å². The molecule has 4 rings (SSSR count). The highest BCUT2D eigenvalue weighted by Gasteiger charge is 2.26. The third kappa shape index (κ3) is 4.86. The molecule has 0 radical (unpaired) electrons. The second-order valence-electron chi connectivity index (χ2n) is 7.55. The van der Waals surface area contributed by atoms with E-state index in [2.05, 4.69) is 20.4 Å². The zero-order valence-corrected chi connectivity index (χ0v) is 17.3. The Kier molecular flexibility index (Phi) is 6.11. The molecule has 0 aliphatic carbocycles. The Balaban J connectivity index is 1.29. The number of benzene rings is 2. The lowest BCUT2D eigenvalue weighted by molar-refractivity contribution is -0.121. The van der Waals surface area contributed by atoms with Gasteiger partial charge in [0.2, 0.25) is 5.91 Å². The van der Waals surface area contributed by atoms with Gasteiger partial charge in [0, 0.05) is 11.5 Å². The normalized spacial score (nSPS) is 15.3. The molecule has 1 aliphatic rings. The van der Waals surface area contributed by atoms with Gasteiger partial charge in [-0.1, -0.05) is 22.8 Å². The van der Waals surface area contributed by atoms with Crippen molar-refractivity contribution < 1.29 is 13.7 Å². The summed E-state index contributed by atoms with van der Waals surface area (Å²) in [5.74, 6) is 0.574. The van der Waals surface area contributed by atoms with E-state index in [4.69, 9.17) is 16.1 Å². The van der Waals surface area contributed by atoms with Crippen LogP contribution in [-0.4, -0.2) is 34.0 Å². The van der Waals surface area contributed by atoms with Crippen LogP contribution in [0.3, 0.4) is 0 Å². The lowest BCUT2D eigenvalue weighted by atomic mass is 9.95. The van der Waals surface area contributed by atoms with Gasteiger partial charge in [0.15, 0.2) is 5.82 Å². The third-order valence-corrected chi connectivity index (χ3v) is 5.58. The van der Waals surface area contributed by atoms with Gasteiger partial charge in [-0.05, 0) is 74.8 Å². The SMILES string of the molecule is Cc1ccc(NC(=O)C2CCN(Cc3noc(-c4ccc(F)cc4)n3)CC2)c(Cl)c1. The van der Waals surface area contributed by atoms with Gasteiger partial charge in [-0.2, -0.15) is 4.98 Å². The minimum absolute atomic E-state index is 0.00133. The van der Waals surface area contributed by atoms with Gasteiger partial charge in [-0.3, -0.25) is 9.69 Å². The van der Waals surface area contributed by atoms with Gasteiger partial charge in [-0.15, -0.1) is 0 Å². The predicted molar refractivity (Wildman–Crippen MR) is 113 cm³/mol. The van der Waals surface area contributed by atoms with Crippen molar-refractivity contribution in [2.75, 3.05) is 18.4 Å². The first kappa shape index (κ1) is 20.5. The summed E-state index contributed by atoms with van der Waals surface area (Å²) in [4.78, 5) is 19.2. The molecule has 30 heavy (non-hydrogen) atoms. The van der Waals surface area contributed by atoms with E-state index in [1.807, 2.05) is 25.1 Å². The van der Waals surface area contributed by atoms with Crippen molar-refractivity contribution >= 4 is 23.2 Å². The lowest BCUT2D eigenvalue weighted by Gasteiger charge is -2.30. The van der Waals surface area contributed by atoms with Crippen LogP contribution in [0.15, 0.2) is 47.0 Å². The number of nitrogens with zero attached hydrogens (tertiary/aromatic N) is 3. The van der Waals surface area contributed by atoms with Crippen molar-refractivity contribution in [1.29, 1.82) is 0 Å². The maximum atomic E-state index is 13.1. The van der Waals surface area contributed by atoms with Crippen LogP contribution in [0.5, 0.6) is 0 Å². The minimum Gasteiger partial charge on any atom is -0.334 e. The van der Waals surface area contributed by atoms with Gasteiger partial charge in [0.1, 0.15) is 5.82 Å². The van der Waals surface area contributed by atoms with Crippen molar-refractivity contribution in [3.8, 4) is 11.5 Å². The summed E-state index contributed by atoms with van der Waals surface area (Å²) in [6, 6.07) is 11.5. The lowest BCUT2D eigenvalue weighted by Crippen LogP contribution is -2.38. The Hall–Kier alpha value is -2.77. The molecule has 0 unspecified atom stereocenters. The second kappa shape index (κ2) is 8.93. The second-order valence-corrected chi connectivity index (χ2v) is 7.95. The van der Waals surface area contributed by atoms with E-state index in [0.717, 1.165) is 31.5 Å². The molecule has 8 heteroatoms. The number of aryl methyl sites for hydroxylation is 1. The molecule has 1 fully saturated rings. The highest BCUT2D eigenvalue weighted by Crippen LogP contribution is 2.26. The molecule has 156 valence electrons. The Morgan fingerprint density at radius 3 is 2.67 bits per heavy atom. The zero-order chi connectivity index (χ0) is 21.1. The van der Waals surface area contributed by atoms with Crippen LogP contribution in [-0.2, 0) is 11.3 Å². The van der Waals surface area contributed by atoms with Gasteiger partial charge in [0.25, 0.3) is 5.89 Å². The van der Waals surface area contributed by atoms with E-state index in [9.17, 15) is 9.18 Å². The number of nitrogens with one attached hydrogen (secondary N) is 1. The van der Waals surface area contributed by atoms with E-state index in [1.165, 1.54) is 12.1 Å². The van der Waals surface area contributed by atoms with Gasteiger partial charge in [0.05, 0.1) is 17.3 Å². The number of piperidine rings is 1. The molecule has 0 bridgehead atoms. The van der Waals surface area contributed by atoms with Gasteiger partial charge < -0.3 is 9.84 Å². The number of rotatable bonds is 5. The monoisotopic (exact) mass is 428 g/mol. The number of amides is 1. The van der Waals surface area contributed by atoms with E-state index < -0.39 is 0 Å². The molecule has 1 aliphatic heterocycles. The summed E-state index contributed by atoms with van der Waals surface area (Å²) in [6.07, 6.45) is 1.50. The minimum atomic E-state index is -0.310. The first-order chi connectivity index (χ1) is 14.5. The standard InChI is InChI=1S/C22H22ClFN4O2/c1-14-2-7-19(18(23)12-14)25-21(29)15-8-10-28(11-9-15)13-20-26-22(30-27-20)16-3-5-17(24)6-4-16/h2-7,12,15H,8-11,13H2,1H3,(H,25,29). The predicted octanol–water partition coefficient (Wildman–Crippen LogP) is 4.69.